The van der Waals surface area contributed by atoms with E-state index in [2.05, 4.69) is 29.4 Å². The first-order valence-corrected chi connectivity index (χ1v) is 6.44. The summed E-state index contributed by atoms with van der Waals surface area (Å²) in [5.74, 6) is 0.898. The number of nitrogens with one attached hydrogen (secondary N) is 2. The van der Waals surface area contributed by atoms with Gasteiger partial charge >= 0.3 is 0 Å². The molecule has 98 valence electrons. The maximum absolute atomic E-state index is 12.0. The molecule has 1 aliphatic rings. The van der Waals surface area contributed by atoms with Gasteiger partial charge in [-0.25, -0.2) is 5.10 Å². The highest BCUT2D eigenvalue weighted by Crippen LogP contribution is 2.29. The summed E-state index contributed by atoms with van der Waals surface area (Å²) < 4.78 is 0. The fourth-order valence-electron chi connectivity index (χ4n) is 2.50. The van der Waals surface area contributed by atoms with Gasteiger partial charge in [-0.15, -0.1) is 0 Å². The summed E-state index contributed by atoms with van der Waals surface area (Å²) in [6.45, 7) is 4.40. The molecule has 0 saturated heterocycles. The predicted molar refractivity (Wildman–Crippen MR) is 68.3 cm³/mol. The average Bonchev–Trinajstić information content (AvgIpc) is 2.36. The van der Waals surface area contributed by atoms with Crippen molar-refractivity contribution < 1.29 is 4.79 Å². The molecule has 18 heavy (non-hydrogen) atoms. The number of carbonyl (C=O) groups is 1. The van der Waals surface area contributed by atoms with Crippen LogP contribution < -0.4 is 10.9 Å². The van der Waals surface area contributed by atoms with Crippen LogP contribution in [-0.2, 0) is 0 Å². The Morgan fingerprint density at radius 3 is 2.83 bits per heavy atom. The van der Waals surface area contributed by atoms with E-state index in [1.54, 1.807) is 0 Å². The van der Waals surface area contributed by atoms with Crippen molar-refractivity contribution in [3.8, 4) is 0 Å². The monoisotopic (exact) mass is 249 g/mol. The molecule has 1 amide bonds. The maximum Gasteiger partial charge on any atom is 0.271 e. The molecule has 0 bridgehead atoms. The molecule has 1 aliphatic carbocycles. The largest absolute Gasteiger partial charge is 0.348 e. The van der Waals surface area contributed by atoms with E-state index >= 15 is 0 Å². The lowest BCUT2D eigenvalue weighted by Gasteiger charge is -2.34. The Morgan fingerprint density at radius 2 is 2.17 bits per heavy atom. The number of nitrogens with zero attached hydrogens (tertiary/aromatic N) is 1. The van der Waals surface area contributed by atoms with E-state index in [9.17, 15) is 9.59 Å². The van der Waals surface area contributed by atoms with Gasteiger partial charge in [0.05, 0.1) is 0 Å². The van der Waals surface area contributed by atoms with Crippen LogP contribution in [0, 0.1) is 11.8 Å². The SMILES string of the molecule is C[C@@H]1[C@H](C)CCC[C@H]1NC(=O)c1ccc(=O)[nH]n1. The number of hydrogen-bond acceptors (Lipinski definition) is 3. The van der Waals surface area contributed by atoms with Crippen LogP contribution in [0.25, 0.3) is 0 Å². The predicted octanol–water partition coefficient (Wildman–Crippen LogP) is 1.32. The molecule has 0 spiro atoms. The second kappa shape index (κ2) is 5.33. The first-order chi connectivity index (χ1) is 8.58. The molecule has 1 aromatic rings. The molecular formula is C13H19N3O2. The third kappa shape index (κ3) is 2.78. The minimum absolute atomic E-state index is 0.204. The van der Waals surface area contributed by atoms with Gasteiger partial charge in [0.1, 0.15) is 5.69 Å². The van der Waals surface area contributed by atoms with Gasteiger partial charge in [0.15, 0.2) is 0 Å². The van der Waals surface area contributed by atoms with E-state index in [-0.39, 0.29) is 23.2 Å². The van der Waals surface area contributed by atoms with Gasteiger partial charge in [-0.05, 0) is 24.3 Å². The molecule has 2 rings (SSSR count). The molecular weight excluding hydrogens is 230 g/mol. The molecule has 1 saturated carbocycles. The number of amides is 1. The van der Waals surface area contributed by atoms with Crippen molar-refractivity contribution >= 4 is 5.91 Å². The number of aromatic amines is 1. The minimum atomic E-state index is -0.300. The summed E-state index contributed by atoms with van der Waals surface area (Å²) in [4.78, 5) is 22.9. The highest BCUT2D eigenvalue weighted by Gasteiger charge is 2.28. The molecule has 2 N–H and O–H groups in total. The van der Waals surface area contributed by atoms with Crippen LogP contribution in [0.5, 0.6) is 0 Å². The van der Waals surface area contributed by atoms with Crippen LogP contribution in [0.4, 0.5) is 0 Å². The Labute approximate surface area is 106 Å². The molecule has 1 heterocycles. The van der Waals surface area contributed by atoms with Gasteiger partial charge in [0, 0.05) is 12.1 Å². The van der Waals surface area contributed by atoms with Crippen molar-refractivity contribution in [1.29, 1.82) is 0 Å². The van der Waals surface area contributed by atoms with E-state index in [0.29, 0.717) is 11.8 Å². The van der Waals surface area contributed by atoms with E-state index in [4.69, 9.17) is 0 Å². The van der Waals surface area contributed by atoms with Crippen molar-refractivity contribution in [1.82, 2.24) is 15.5 Å². The Bertz CT molecular complexity index is 463. The van der Waals surface area contributed by atoms with Crippen LogP contribution in [-0.4, -0.2) is 22.1 Å². The molecule has 3 atom stereocenters. The fraction of sp³-hybridized carbons (Fsp3) is 0.615. The summed E-state index contributed by atoms with van der Waals surface area (Å²) in [7, 11) is 0. The normalized spacial score (nSPS) is 27.8. The van der Waals surface area contributed by atoms with Gasteiger partial charge in [-0.1, -0.05) is 26.7 Å². The fourth-order valence-corrected chi connectivity index (χ4v) is 2.50. The van der Waals surface area contributed by atoms with Crippen LogP contribution in [0.2, 0.25) is 0 Å². The van der Waals surface area contributed by atoms with Crippen molar-refractivity contribution in [3.05, 3.63) is 28.2 Å². The summed E-state index contributed by atoms with van der Waals surface area (Å²) in [6, 6.07) is 2.97. The van der Waals surface area contributed by atoms with Crippen molar-refractivity contribution in [3.63, 3.8) is 0 Å². The van der Waals surface area contributed by atoms with E-state index in [0.717, 1.165) is 12.8 Å². The summed E-state index contributed by atoms with van der Waals surface area (Å²) in [5.41, 5.74) is -0.0359. The molecule has 1 fully saturated rings. The molecule has 0 unspecified atom stereocenters. The molecule has 5 nitrogen and oxygen atoms in total. The quantitative estimate of drug-likeness (QED) is 0.830. The minimum Gasteiger partial charge on any atom is -0.348 e. The Morgan fingerprint density at radius 1 is 1.39 bits per heavy atom. The van der Waals surface area contributed by atoms with Gasteiger partial charge in [-0.2, -0.15) is 5.10 Å². The molecule has 1 aromatic heterocycles. The first-order valence-electron chi connectivity index (χ1n) is 6.44. The second-order valence-electron chi connectivity index (χ2n) is 5.15. The number of aromatic nitrogens is 2. The lowest BCUT2D eigenvalue weighted by atomic mass is 9.78. The highest BCUT2D eigenvalue weighted by atomic mass is 16.2. The third-order valence-corrected chi connectivity index (χ3v) is 3.94. The summed E-state index contributed by atoms with van der Waals surface area (Å²) >= 11 is 0. The van der Waals surface area contributed by atoms with Gasteiger partial charge in [0.2, 0.25) is 0 Å². The average molecular weight is 249 g/mol. The molecule has 0 radical (unpaired) electrons. The van der Waals surface area contributed by atoms with Gasteiger partial charge in [0.25, 0.3) is 11.5 Å². The van der Waals surface area contributed by atoms with Crippen molar-refractivity contribution in [2.45, 2.75) is 39.2 Å². The number of hydrogen-bond donors (Lipinski definition) is 2. The van der Waals surface area contributed by atoms with Gasteiger partial charge < -0.3 is 5.32 Å². The standard InChI is InChI=1S/C13H19N3O2/c1-8-4-3-5-10(9(8)2)14-13(18)11-6-7-12(17)16-15-11/h6-10H,3-5H2,1-2H3,(H,14,18)(H,16,17)/t8-,9-,10-/m1/s1. The zero-order chi connectivity index (χ0) is 13.1. The van der Waals surface area contributed by atoms with Crippen molar-refractivity contribution in [2.75, 3.05) is 0 Å². The van der Waals surface area contributed by atoms with E-state index in [1.165, 1.54) is 18.6 Å². The summed E-state index contributed by atoms with van der Waals surface area (Å²) in [6.07, 6.45) is 3.39. The Balaban J connectivity index is 2.02. The number of rotatable bonds is 2. The van der Waals surface area contributed by atoms with Crippen LogP contribution in [0.1, 0.15) is 43.6 Å². The smallest absolute Gasteiger partial charge is 0.271 e. The topological polar surface area (TPSA) is 74.8 Å². The molecule has 5 heteroatoms. The lowest BCUT2D eigenvalue weighted by molar-refractivity contribution is 0.0885. The second-order valence-corrected chi connectivity index (χ2v) is 5.15. The first kappa shape index (κ1) is 12.8. The van der Waals surface area contributed by atoms with Crippen LogP contribution in [0.3, 0.4) is 0 Å². The highest BCUT2D eigenvalue weighted by molar-refractivity contribution is 5.92. The Kier molecular flexibility index (Phi) is 3.79. The Hall–Kier alpha value is -1.65. The van der Waals surface area contributed by atoms with Crippen LogP contribution >= 0.6 is 0 Å². The molecule has 0 aromatic carbocycles. The summed E-state index contributed by atoms with van der Waals surface area (Å²) in [5, 5.41) is 9.02. The van der Waals surface area contributed by atoms with Gasteiger partial charge in [-0.3, -0.25) is 9.59 Å². The zero-order valence-electron chi connectivity index (χ0n) is 10.8. The molecule has 0 aliphatic heterocycles. The van der Waals surface area contributed by atoms with Crippen molar-refractivity contribution in [2.24, 2.45) is 11.8 Å². The zero-order valence-corrected chi connectivity index (χ0v) is 10.8. The van der Waals surface area contributed by atoms with E-state index in [1.807, 2.05) is 0 Å². The third-order valence-electron chi connectivity index (χ3n) is 3.94. The number of carbonyl (C=O) groups excluding carboxylic acids is 1. The van der Waals surface area contributed by atoms with Crippen LogP contribution in [0.15, 0.2) is 16.9 Å². The number of H-pyrrole nitrogens is 1. The lowest BCUT2D eigenvalue weighted by Crippen LogP contribution is -2.44. The van der Waals surface area contributed by atoms with E-state index < -0.39 is 0 Å². The maximum atomic E-state index is 12.0.